The zero-order valence-electron chi connectivity index (χ0n) is 10.4. The number of aliphatic hydroxyl groups is 1. The molecule has 0 saturated carbocycles. The molecule has 0 heterocycles. The third kappa shape index (κ3) is 13.7. The van der Waals surface area contributed by atoms with Gasteiger partial charge in [0, 0.05) is 6.61 Å². The number of hydrogen-bond acceptors (Lipinski definition) is 1. The second kappa shape index (κ2) is 13.7. The van der Waals surface area contributed by atoms with Gasteiger partial charge < -0.3 is 5.11 Å². The molecule has 1 nitrogen and oxygen atoms in total. The van der Waals surface area contributed by atoms with Crippen molar-refractivity contribution in [1.82, 2.24) is 0 Å². The molecule has 0 aliphatic carbocycles. The molecule has 0 amide bonds. The van der Waals surface area contributed by atoms with Gasteiger partial charge in [-0.15, -0.1) is 0 Å². The summed E-state index contributed by atoms with van der Waals surface area (Å²) in [6.07, 6.45) is 17.3. The van der Waals surface area contributed by atoms with Crippen molar-refractivity contribution < 1.29 is 5.11 Å². The van der Waals surface area contributed by atoms with Crippen LogP contribution in [0.1, 0.15) is 71.1 Å². The Balaban J connectivity index is 2.97. The molecule has 15 heavy (non-hydrogen) atoms. The molecule has 0 unspecified atom stereocenters. The molecular formula is C14H28O. The van der Waals surface area contributed by atoms with Gasteiger partial charge in [0.1, 0.15) is 0 Å². The lowest BCUT2D eigenvalue weighted by Crippen LogP contribution is -1.82. The first-order valence-electron chi connectivity index (χ1n) is 6.67. The van der Waals surface area contributed by atoms with Crippen molar-refractivity contribution in [3.8, 4) is 0 Å². The Morgan fingerprint density at radius 3 is 1.80 bits per heavy atom. The van der Waals surface area contributed by atoms with E-state index < -0.39 is 0 Å². The van der Waals surface area contributed by atoms with E-state index in [-0.39, 0.29) is 0 Å². The molecule has 0 aliphatic heterocycles. The highest BCUT2D eigenvalue weighted by Crippen LogP contribution is 2.06. The Labute approximate surface area is 95.6 Å². The maximum absolute atomic E-state index is 8.60. The second-order valence-corrected chi connectivity index (χ2v) is 4.25. The van der Waals surface area contributed by atoms with Crippen LogP contribution >= 0.6 is 0 Å². The molecule has 0 atom stereocenters. The molecule has 0 spiro atoms. The highest BCUT2D eigenvalue weighted by atomic mass is 16.2. The number of aliphatic hydroxyl groups excluding tert-OH is 1. The Kier molecular flexibility index (Phi) is 13.4. The van der Waals surface area contributed by atoms with E-state index in [1.165, 1.54) is 57.8 Å². The van der Waals surface area contributed by atoms with Gasteiger partial charge in [0.2, 0.25) is 0 Å². The standard InChI is InChI=1S/C14H28O/c1-2-3-4-5-6-7-8-9-10-11-12-13-14-15/h7-8,15H,2-6,9-14H2,1H3. The zero-order chi connectivity index (χ0) is 11.2. The molecule has 0 fully saturated rings. The zero-order valence-corrected chi connectivity index (χ0v) is 10.4. The van der Waals surface area contributed by atoms with Crippen LogP contribution in [0, 0.1) is 0 Å². The van der Waals surface area contributed by atoms with Gasteiger partial charge in [-0.2, -0.15) is 0 Å². The fourth-order valence-corrected chi connectivity index (χ4v) is 1.65. The molecule has 1 heteroatoms. The van der Waals surface area contributed by atoms with Crippen LogP contribution in [0.4, 0.5) is 0 Å². The van der Waals surface area contributed by atoms with E-state index in [1.54, 1.807) is 0 Å². The molecule has 0 aliphatic rings. The summed E-state index contributed by atoms with van der Waals surface area (Å²) in [7, 11) is 0. The van der Waals surface area contributed by atoms with Gasteiger partial charge in [0.15, 0.2) is 0 Å². The van der Waals surface area contributed by atoms with Gasteiger partial charge in [-0.3, -0.25) is 0 Å². The SMILES string of the molecule is CCCCCCC=CCCCCCCO. The molecule has 0 saturated heterocycles. The highest BCUT2D eigenvalue weighted by molar-refractivity contribution is 4.81. The molecule has 0 bridgehead atoms. The number of hydrogen-bond donors (Lipinski definition) is 1. The maximum Gasteiger partial charge on any atom is 0.0431 e. The first kappa shape index (κ1) is 14.7. The van der Waals surface area contributed by atoms with E-state index in [1.807, 2.05) is 0 Å². The number of allylic oxidation sites excluding steroid dienone is 2. The van der Waals surface area contributed by atoms with Gasteiger partial charge in [-0.1, -0.05) is 51.2 Å². The Morgan fingerprint density at radius 2 is 1.27 bits per heavy atom. The Bertz CT molecular complexity index is 129. The third-order valence-electron chi connectivity index (χ3n) is 2.67. The lowest BCUT2D eigenvalue weighted by Gasteiger charge is -1.96. The summed E-state index contributed by atoms with van der Waals surface area (Å²) in [4.78, 5) is 0. The van der Waals surface area contributed by atoms with E-state index in [4.69, 9.17) is 5.11 Å². The van der Waals surface area contributed by atoms with Crippen molar-refractivity contribution in [2.24, 2.45) is 0 Å². The second-order valence-electron chi connectivity index (χ2n) is 4.25. The van der Waals surface area contributed by atoms with Crippen LogP contribution in [0.15, 0.2) is 12.2 Å². The highest BCUT2D eigenvalue weighted by Gasteiger charge is 1.87. The van der Waals surface area contributed by atoms with Crippen LogP contribution in [-0.4, -0.2) is 11.7 Å². The van der Waals surface area contributed by atoms with Crippen LogP contribution in [0.3, 0.4) is 0 Å². The monoisotopic (exact) mass is 212 g/mol. The molecule has 90 valence electrons. The molecule has 0 rings (SSSR count). The van der Waals surface area contributed by atoms with Gasteiger partial charge in [0.25, 0.3) is 0 Å². The summed E-state index contributed by atoms with van der Waals surface area (Å²) in [5, 5.41) is 8.60. The number of unbranched alkanes of at least 4 members (excludes halogenated alkanes) is 8. The van der Waals surface area contributed by atoms with Gasteiger partial charge in [-0.25, -0.2) is 0 Å². The van der Waals surface area contributed by atoms with Crippen molar-refractivity contribution in [2.45, 2.75) is 71.1 Å². The van der Waals surface area contributed by atoms with Crippen molar-refractivity contribution in [2.75, 3.05) is 6.61 Å². The van der Waals surface area contributed by atoms with E-state index in [0.717, 1.165) is 6.42 Å². The quantitative estimate of drug-likeness (QED) is 0.396. The van der Waals surface area contributed by atoms with E-state index >= 15 is 0 Å². The molecule has 0 aromatic carbocycles. The van der Waals surface area contributed by atoms with Crippen LogP contribution in [0.2, 0.25) is 0 Å². The van der Waals surface area contributed by atoms with Crippen LogP contribution in [-0.2, 0) is 0 Å². The van der Waals surface area contributed by atoms with Gasteiger partial charge in [-0.05, 0) is 32.1 Å². The first-order chi connectivity index (χ1) is 7.41. The third-order valence-corrected chi connectivity index (χ3v) is 2.67. The van der Waals surface area contributed by atoms with Crippen LogP contribution in [0.5, 0.6) is 0 Å². The predicted molar refractivity (Wildman–Crippen MR) is 68.1 cm³/mol. The van der Waals surface area contributed by atoms with Crippen molar-refractivity contribution in [3.63, 3.8) is 0 Å². The normalized spacial score (nSPS) is 11.3. The average molecular weight is 212 g/mol. The largest absolute Gasteiger partial charge is 0.396 e. The topological polar surface area (TPSA) is 20.2 Å². The van der Waals surface area contributed by atoms with Crippen LogP contribution < -0.4 is 0 Å². The summed E-state index contributed by atoms with van der Waals surface area (Å²) >= 11 is 0. The van der Waals surface area contributed by atoms with Crippen molar-refractivity contribution >= 4 is 0 Å². The van der Waals surface area contributed by atoms with Gasteiger partial charge in [0.05, 0.1) is 0 Å². The maximum atomic E-state index is 8.60. The van der Waals surface area contributed by atoms with E-state index in [0.29, 0.717) is 6.61 Å². The van der Waals surface area contributed by atoms with Gasteiger partial charge >= 0.3 is 0 Å². The Morgan fingerprint density at radius 1 is 0.733 bits per heavy atom. The minimum Gasteiger partial charge on any atom is -0.396 e. The average Bonchev–Trinajstić information content (AvgIpc) is 2.26. The summed E-state index contributed by atoms with van der Waals surface area (Å²) < 4.78 is 0. The number of rotatable bonds is 11. The van der Waals surface area contributed by atoms with Crippen LogP contribution in [0.25, 0.3) is 0 Å². The summed E-state index contributed by atoms with van der Waals surface area (Å²) in [6, 6.07) is 0. The minimum atomic E-state index is 0.354. The summed E-state index contributed by atoms with van der Waals surface area (Å²) in [6.45, 7) is 2.61. The van der Waals surface area contributed by atoms with E-state index in [2.05, 4.69) is 19.1 Å². The molecule has 0 radical (unpaired) electrons. The first-order valence-corrected chi connectivity index (χ1v) is 6.67. The fourth-order valence-electron chi connectivity index (χ4n) is 1.65. The molecule has 0 aromatic rings. The minimum absolute atomic E-state index is 0.354. The smallest absolute Gasteiger partial charge is 0.0431 e. The Hall–Kier alpha value is -0.300. The fraction of sp³-hybridized carbons (Fsp3) is 0.857. The molecular weight excluding hydrogens is 184 g/mol. The lowest BCUT2D eigenvalue weighted by molar-refractivity contribution is 0.282. The summed E-state index contributed by atoms with van der Waals surface area (Å²) in [5.41, 5.74) is 0. The van der Waals surface area contributed by atoms with Crippen molar-refractivity contribution in [1.29, 1.82) is 0 Å². The summed E-state index contributed by atoms with van der Waals surface area (Å²) in [5.74, 6) is 0. The molecule has 1 N–H and O–H groups in total. The predicted octanol–water partition coefficient (Wildman–Crippen LogP) is 4.46. The van der Waals surface area contributed by atoms with Crippen molar-refractivity contribution in [3.05, 3.63) is 12.2 Å². The molecule has 0 aromatic heterocycles. The lowest BCUT2D eigenvalue weighted by atomic mass is 10.1. The van der Waals surface area contributed by atoms with E-state index in [9.17, 15) is 0 Å².